The summed E-state index contributed by atoms with van der Waals surface area (Å²) in [6.07, 6.45) is 2.95. The zero-order valence-electron chi connectivity index (χ0n) is 18.9. The maximum absolute atomic E-state index is 13.4. The number of hydrogen-bond acceptors (Lipinski definition) is 6. The van der Waals surface area contributed by atoms with Crippen molar-refractivity contribution in [3.05, 3.63) is 59.1 Å². The van der Waals surface area contributed by atoms with E-state index in [9.17, 15) is 9.59 Å². The average molecular weight is 437 g/mol. The molecule has 0 spiro atoms. The molecule has 168 valence electrons. The second-order valence-electron chi connectivity index (χ2n) is 8.53. The molecule has 0 saturated heterocycles. The summed E-state index contributed by atoms with van der Waals surface area (Å²) in [5.41, 5.74) is 2.41. The van der Waals surface area contributed by atoms with Crippen molar-refractivity contribution in [2.24, 2.45) is 5.92 Å². The van der Waals surface area contributed by atoms with Crippen LogP contribution in [0.4, 0.5) is 0 Å². The average Bonchev–Trinajstić information content (AvgIpc) is 3.11. The van der Waals surface area contributed by atoms with Crippen molar-refractivity contribution < 1.29 is 23.8 Å². The third-order valence-corrected chi connectivity index (χ3v) is 5.88. The molecule has 0 N–H and O–H groups in total. The lowest BCUT2D eigenvalue weighted by atomic mass is 9.96. The maximum Gasteiger partial charge on any atom is 0.290 e. The van der Waals surface area contributed by atoms with Crippen molar-refractivity contribution in [1.82, 2.24) is 9.88 Å². The van der Waals surface area contributed by atoms with Crippen LogP contribution in [0.1, 0.15) is 31.5 Å². The highest BCUT2D eigenvalue weighted by molar-refractivity contribution is 6.00. The lowest BCUT2D eigenvalue weighted by molar-refractivity contribution is -0.136. The zero-order valence-corrected chi connectivity index (χ0v) is 18.9. The number of amides is 1. The number of rotatable bonds is 8. The fraction of sp³-hybridized carbons (Fsp3) is 0.400. The number of Topliss-reactive ketones (excluding diaryl/α,β-unsaturated/α-hetero) is 1. The van der Waals surface area contributed by atoms with Crippen molar-refractivity contribution in [3.63, 3.8) is 0 Å². The van der Waals surface area contributed by atoms with Crippen molar-refractivity contribution in [3.8, 4) is 17.2 Å². The second-order valence-corrected chi connectivity index (χ2v) is 8.53. The predicted molar refractivity (Wildman–Crippen MR) is 119 cm³/mol. The number of carbonyl (C=O) groups excluding carboxylic acids is 2. The first-order valence-electron chi connectivity index (χ1n) is 10.8. The highest BCUT2D eigenvalue weighted by atomic mass is 16.5. The van der Waals surface area contributed by atoms with Gasteiger partial charge in [0.15, 0.2) is 23.0 Å². The van der Waals surface area contributed by atoms with E-state index in [0.717, 1.165) is 11.1 Å². The van der Waals surface area contributed by atoms with Gasteiger partial charge in [0, 0.05) is 36.0 Å². The summed E-state index contributed by atoms with van der Waals surface area (Å²) < 4.78 is 17.0. The van der Waals surface area contributed by atoms with Gasteiger partial charge in [-0.15, -0.1) is 0 Å². The molecule has 2 aliphatic rings. The van der Waals surface area contributed by atoms with E-state index in [-0.39, 0.29) is 24.0 Å². The molecular weight excluding hydrogens is 408 g/mol. The number of ether oxygens (including phenoxy) is 3. The number of carbonyl (C=O) groups is 2. The van der Waals surface area contributed by atoms with Gasteiger partial charge in [0.05, 0.1) is 26.7 Å². The van der Waals surface area contributed by atoms with E-state index in [4.69, 9.17) is 14.2 Å². The fourth-order valence-electron chi connectivity index (χ4n) is 4.35. The second kappa shape index (κ2) is 9.02. The Morgan fingerprint density at radius 1 is 1.16 bits per heavy atom. The van der Waals surface area contributed by atoms with Crippen molar-refractivity contribution in [1.29, 1.82) is 0 Å². The molecule has 7 nitrogen and oxygen atoms in total. The first-order chi connectivity index (χ1) is 15.4. The molecule has 2 aliphatic heterocycles. The van der Waals surface area contributed by atoms with Crippen molar-refractivity contribution >= 4 is 11.7 Å². The summed E-state index contributed by atoms with van der Waals surface area (Å²) in [4.78, 5) is 32.6. The first kappa shape index (κ1) is 21.9. The van der Waals surface area contributed by atoms with E-state index in [2.05, 4.69) is 18.8 Å². The number of ketones is 1. The van der Waals surface area contributed by atoms with Gasteiger partial charge in [0.1, 0.15) is 5.75 Å². The van der Waals surface area contributed by atoms with Crippen LogP contribution in [0.5, 0.6) is 17.2 Å². The van der Waals surface area contributed by atoms with E-state index in [0.29, 0.717) is 48.1 Å². The Balaban J connectivity index is 1.60. The topological polar surface area (TPSA) is 78.0 Å². The summed E-state index contributed by atoms with van der Waals surface area (Å²) in [6, 6.07) is 8.57. The molecule has 1 atom stereocenters. The van der Waals surface area contributed by atoms with Gasteiger partial charge in [-0.3, -0.25) is 14.6 Å². The number of fused-ring (bicyclic) bond motifs is 1. The summed E-state index contributed by atoms with van der Waals surface area (Å²) in [5, 5.41) is 0. The molecular formula is C25H28N2O5. The summed E-state index contributed by atoms with van der Waals surface area (Å²) in [5.74, 6) is 2.00. The molecule has 0 radical (unpaired) electrons. The van der Waals surface area contributed by atoms with Crippen LogP contribution >= 0.6 is 0 Å². The van der Waals surface area contributed by atoms with Crippen LogP contribution in [0.15, 0.2) is 47.9 Å². The third kappa shape index (κ3) is 4.07. The van der Waals surface area contributed by atoms with Crippen LogP contribution in [0.25, 0.3) is 0 Å². The highest BCUT2D eigenvalue weighted by Gasteiger charge is 2.42. The van der Waals surface area contributed by atoms with E-state index >= 15 is 0 Å². The number of nitrogens with zero attached hydrogens (tertiary/aromatic N) is 2. The quantitative estimate of drug-likeness (QED) is 0.632. The number of pyridine rings is 1. The first-order valence-corrected chi connectivity index (χ1v) is 10.8. The molecule has 4 rings (SSSR count). The molecule has 7 heteroatoms. The standard InChI is InChI=1S/C25H28N2O5/c1-15(2)11-19(20(28)13-17-7-5-6-10-26-17)27-14-16-12-18-21(30-3)8-9-22(31-4)24(18)32-23(16)25(27)29/h5-10,15,19H,11-14H2,1-4H3/t19-/m0/s1. The van der Waals surface area contributed by atoms with Crippen LogP contribution in [-0.4, -0.2) is 48.4 Å². The van der Waals surface area contributed by atoms with Gasteiger partial charge >= 0.3 is 0 Å². The van der Waals surface area contributed by atoms with Gasteiger partial charge in [0.25, 0.3) is 5.91 Å². The molecule has 1 amide bonds. The van der Waals surface area contributed by atoms with Crippen molar-refractivity contribution in [2.45, 2.75) is 39.2 Å². The Morgan fingerprint density at radius 3 is 2.56 bits per heavy atom. The lowest BCUT2D eigenvalue weighted by Crippen LogP contribution is -2.45. The van der Waals surface area contributed by atoms with Crippen LogP contribution in [-0.2, 0) is 22.4 Å². The highest BCUT2D eigenvalue weighted by Crippen LogP contribution is 2.45. The zero-order chi connectivity index (χ0) is 22.8. The Kier molecular flexibility index (Phi) is 6.17. The molecule has 0 saturated carbocycles. The minimum absolute atomic E-state index is 0.0155. The molecule has 32 heavy (non-hydrogen) atoms. The van der Waals surface area contributed by atoms with E-state index < -0.39 is 6.04 Å². The number of aromatic nitrogens is 1. The Morgan fingerprint density at radius 2 is 1.91 bits per heavy atom. The van der Waals surface area contributed by atoms with Gasteiger partial charge in [0.2, 0.25) is 0 Å². The summed E-state index contributed by atoms with van der Waals surface area (Å²) in [7, 11) is 3.17. The van der Waals surface area contributed by atoms with Gasteiger partial charge in [-0.25, -0.2) is 0 Å². The van der Waals surface area contributed by atoms with E-state index in [1.165, 1.54) is 0 Å². The normalized spacial score (nSPS) is 15.9. The number of hydrogen-bond donors (Lipinski definition) is 0. The molecule has 0 unspecified atom stereocenters. The fourth-order valence-corrected chi connectivity index (χ4v) is 4.35. The third-order valence-electron chi connectivity index (χ3n) is 5.88. The molecule has 3 heterocycles. The van der Waals surface area contributed by atoms with Crippen LogP contribution in [0.3, 0.4) is 0 Å². The van der Waals surface area contributed by atoms with Gasteiger partial charge in [-0.05, 0) is 36.6 Å². The van der Waals surface area contributed by atoms with Gasteiger partial charge in [-0.2, -0.15) is 0 Å². The summed E-state index contributed by atoms with van der Waals surface area (Å²) in [6.45, 7) is 4.47. The number of methoxy groups -OCH3 is 2. The SMILES string of the molecule is COc1ccc(OC)c2c1CC1=C(O2)C(=O)N([C@@H](CC(C)C)C(=O)Cc2ccccn2)C1. The molecule has 1 aromatic carbocycles. The molecule has 0 fully saturated rings. The predicted octanol–water partition coefficient (Wildman–Crippen LogP) is 3.36. The van der Waals surface area contributed by atoms with Crippen molar-refractivity contribution in [2.75, 3.05) is 20.8 Å². The van der Waals surface area contributed by atoms with Crippen LogP contribution in [0, 0.1) is 5.92 Å². The van der Waals surface area contributed by atoms with Gasteiger partial charge < -0.3 is 19.1 Å². The Labute approximate surface area is 188 Å². The minimum Gasteiger partial charge on any atom is -0.496 e. The Hall–Kier alpha value is -3.35. The Bertz CT molecular complexity index is 1060. The molecule has 0 bridgehead atoms. The molecule has 2 aromatic rings. The van der Waals surface area contributed by atoms with Gasteiger partial charge in [-0.1, -0.05) is 19.9 Å². The van der Waals surface area contributed by atoms with E-state index in [1.54, 1.807) is 31.4 Å². The van der Waals surface area contributed by atoms with Crippen LogP contribution < -0.4 is 14.2 Å². The summed E-state index contributed by atoms with van der Waals surface area (Å²) >= 11 is 0. The lowest BCUT2D eigenvalue weighted by Gasteiger charge is -2.28. The number of benzene rings is 1. The largest absolute Gasteiger partial charge is 0.496 e. The van der Waals surface area contributed by atoms with Crippen LogP contribution in [0.2, 0.25) is 0 Å². The monoisotopic (exact) mass is 436 g/mol. The molecule has 0 aliphatic carbocycles. The minimum atomic E-state index is -0.536. The van der Waals surface area contributed by atoms with E-state index in [1.807, 2.05) is 24.3 Å². The smallest absolute Gasteiger partial charge is 0.290 e. The molecule has 1 aromatic heterocycles. The maximum atomic E-state index is 13.4.